The standard InChI is InChI=1S/C11H15N5O/c12-10-9(13-6-7-14-10)11(17)16-15-8-4-2-1-3-5-8/h6-7H,1-5H2,(H2,12,14)(H,16,17). The highest BCUT2D eigenvalue weighted by molar-refractivity contribution is 5.97. The SMILES string of the molecule is Nc1nccnc1C(=O)NN=C1CCCCC1. The number of carbonyl (C=O) groups excluding carboxylic acids is 1. The summed E-state index contributed by atoms with van der Waals surface area (Å²) in [7, 11) is 0. The molecule has 1 aliphatic carbocycles. The van der Waals surface area contributed by atoms with Gasteiger partial charge in [0.2, 0.25) is 0 Å². The molecule has 1 amide bonds. The van der Waals surface area contributed by atoms with Crippen molar-refractivity contribution in [3.05, 3.63) is 18.1 Å². The van der Waals surface area contributed by atoms with Crippen molar-refractivity contribution >= 4 is 17.4 Å². The monoisotopic (exact) mass is 233 g/mol. The minimum absolute atomic E-state index is 0.118. The van der Waals surface area contributed by atoms with Crippen LogP contribution in [0.2, 0.25) is 0 Å². The number of hydrazone groups is 1. The highest BCUT2D eigenvalue weighted by Gasteiger charge is 2.12. The number of hydrogen-bond donors (Lipinski definition) is 2. The van der Waals surface area contributed by atoms with Crippen molar-refractivity contribution < 1.29 is 4.79 Å². The molecule has 6 heteroatoms. The van der Waals surface area contributed by atoms with E-state index in [0.29, 0.717) is 0 Å². The topological polar surface area (TPSA) is 93.3 Å². The number of nitrogens with two attached hydrogens (primary N) is 1. The van der Waals surface area contributed by atoms with E-state index in [-0.39, 0.29) is 11.5 Å². The van der Waals surface area contributed by atoms with Crippen molar-refractivity contribution in [1.82, 2.24) is 15.4 Å². The van der Waals surface area contributed by atoms with Crippen molar-refractivity contribution in [2.75, 3.05) is 5.73 Å². The molecule has 1 saturated carbocycles. The third kappa shape index (κ3) is 2.99. The minimum Gasteiger partial charge on any atom is -0.382 e. The number of amides is 1. The van der Waals surface area contributed by atoms with Crippen LogP contribution in [-0.2, 0) is 0 Å². The highest BCUT2D eigenvalue weighted by atomic mass is 16.2. The van der Waals surface area contributed by atoms with Crippen LogP contribution in [-0.4, -0.2) is 21.6 Å². The zero-order valence-electron chi connectivity index (χ0n) is 9.52. The molecule has 1 aliphatic rings. The molecule has 6 nitrogen and oxygen atoms in total. The molecule has 0 spiro atoms. The van der Waals surface area contributed by atoms with E-state index in [4.69, 9.17) is 5.73 Å². The fourth-order valence-corrected chi connectivity index (χ4v) is 1.78. The second-order valence-corrected chi connectivity index (χ2v) is 3.97. The van der Waals surface area contributed by atoms with Crippen LogP contribution >= 0.6 is 0 Å². The Morgan fingerprint density at radius 3 is 2.65 bits per heavy atom. The second-order valence-electron chi connectivity index (χ2n) is 3.97. The maximum atomic E-state index is 11.7. The Morgan fingerprint density at radius 2 is 1.94 bits per heavy atom. The van der Waals surface area contributed by atoms with Gasteiger partial charge in [0.15, 0.2) is 11.5 Å². The highest BCUT2D eigenvalue weighted by Crippen LogP contribution is 2.14. The first kappa shape index (κ1) is 11.5. The van der Waals surface area contributed by atoms with Crippen molar-refractivity contribution in [3.8, 4) is 0 Å². The lowest BCUT2D eigenvalue weighted by Gasteiger charge is -2.11. The van der Waals surface area contributed by atoms with Gasteiger partial charge in [-0.15, -0.1) is 0 Å². The summed E-state index contributed by atoms with van der Waals surface area (Å²) in [5.41, 5.74) is 9.18. The molecule has 0 atom stereocenters. The van der Waals surface area contributed by atoms with Crippen LogP contribution in [0.1, 0.15) is 42.6 Å². The normalized spacial score (nSPS) is 15.4. The summed E-state index contributed by atoms with van der Waals surface area (Å²) >= 11 is 0. The number of aromatic nitrogens is 2. The Balaban J connectivity index is 2.00. The van der Waals surface area contributed by atoms with Crippen LogP contribution in [0.15, 0.2) is 17.5 Å². The van der Waals surface area contributed by atoms with Crippen LogP contribution in [0.4, 0.5) is 5.82 Å². The van der Waals surface area contributed by atoms with Gasteiger partial charge in [-0.05, 0) is 25.7 Å². The number of hydrogen-bond acceptors (Lipinski definition) is 5. The molecule has 2 rings (SSSR count). The summed E-state index contributed by atoms with van der Waals surface area (Å²) in [6.45, 7) is 0. The van der Waals surface area contributed by atoms with Crippen molar-refractivity contribution in [1.29, 1.82) is 0 Å². The summed E-state index contributed by atoms with van der Waals surface area (Å²) < 4.78 is 0. The van der Waals surface area contributed by atoms with Gasteiger partial charge in [-0.3, -0.25) is 4.79 Å². The van der Waals surface area contributed by atoms with Crippen LogP contribution in [0.25, 0.3) is 0 Å². The van der Waals surface area contributed by atoms with E-state index in [9.17, 15) is 4.79 Å². The molecule has 1 aromatic rings. The number of rotatable bonds is 2. The van der Waals surface area contributed by atoms with E-state index < -0.39 is 5.91 Å². The second kappa shape index (κ2) is 5.38. The molecule has 0 aromatic carbocycles. The van der Waals surface area contributed by atoms with E-state index in [1.807, 2.05) is 0 Å². The lowest BCUT2D eigenvalue weighted by Crippen LogP contribution is -2.23. The molecule has 17 heavy (non-hydrogen) atoms. The molecule has 3 N–H and O–H groups in total. The van der Waals surface area contributed by atoms with E-state index in [0.717, 1.165) is 31.4 Å². The molecular weight excluding hydrogens is 218 g/mol. The lowest BCUT2D eigenvalue weighted by molar-refractivity contribution is 0.0950. The summed E-state index contributed by atoms with van der Waals surface area (Å²) in [5.74, 6) is -0.289. The summed E-state index contributed by atoms with van der Waals surface area (Å²) in [6.07, 6.45) is 8.30. The van der Waals surface area contributed by atoms with E-state index in [1.54, 1.807) is 0 Å². The van der Waals surface area contributed by atoms with Gasteiger partial charge < -0.3 is 5.73 Å². The summed E-state index contributed by atoms with van der Waals surface area (Å²) in [6, 6.07) is 0. The maximum Gasteiger partial charge on any atom is 0.293 e. The summed E-state index contributed by atoms with van der Waals surface area (Å²) in [5, 5.41) is 4.09. The van der Waals surface area contributed by atoms with Crippen LogP contribution in [0.3, 0.4) is 0 Å². The molecule has 0 aliphatic heterocycles. The summed E-state index contributed by atoms with van der Waals surface area (Å²) in [4.78, 5) is 19.4. The maximum absolute atomic E-state index is 11.7. The third-order valence-corrected chi connectivity index (χ3v) is 2.69. The van der Waals surface area contributed by atoms with Crippen molar-refractivity contribution in [2.24, 2.45) is 5.10 Å². The molecule has 0 bridgehead atoms. The average molecular weight is 233 g/mol. The van der Waals surface area contributed by atoms with Gasteiger partial charge in [0.25, 0.3) is 5.91 Å². The molecule has 1 fully saturated rings. The van der Waals surface area contributed by atoms with E-state index in [2.05, 4.69) is 20.5 Å². The van der Waals surface area contributed by atoms with Crippen LogP contribution in [0, 0.1) is 0 Å². The Morgan fingerprint density at radius 1 is 1.24 bits per heavy atom. The van der Waals surface area contributed by atoms with E-state index >= 15 is 0 Å². The predicted molar refractivity (Wildman–Crippen MR) is 64.4 cm³/mol. The smallest absolute Gasteiger partial charge is 0.293 e. The number of anilines is 1. The van der Waals surface area contributed by atoms with Crippen molar-refractivity contribution in [2.45, 2.75) is 32.1 Å². The van der Waals surface area contributed by atoms with Gasteiger partial charge in [0, 0.05) is 18.1 Å². The molecular formula is C11H15N5O. The molecule has 1 heterocycles. The Bertz CT molecular complexity index is 435. The predicted octanol–water partition coefficient (Wildman–Crippen LogP) is 1.11. The molecule has 0 unspecified atom stereocenters. The van der Waals surface area contributed by atoms with Crippen LogP contribution < -0.4 is 11.2 Å². The first-order chi connectivity index (χ1) is 8.27. The quantitative estimate of drug-likeness (QED) is 0.748. The van der Waals surface area contributed by atoms with Crippen molar-refractivity contribution in [3.63, 3.8) is 0 Å². The number of nitrogens with zero attached hydrogens (tertiary/aromatic N) is 3. The third-order valence-electron chi connectivity index (χ3n) is 2.69. The van der Waals surface area contributed by atoms with Gasteiger partial charge >= 0.3 is 0 Å². The van der Waals surface area contributed by atoms with E-state index in [1.165, 1.54) is 18.8 Å². The zero-order chi connectivity index (χ0) is 12.1. The zero-order valence-corrected chi connectivity index (χ0v) is 9.52. The first-order valence-electron chi connectivity index (χ1n) is 5.69. The Kier molecular flexibility index (Phi) is 3.64. The molecule has 1 aromatic heterocycles. The van der Waals surface area contributed by atoms with Gasteiger partial charge in [0.05, 0.1) is 0 Å². The lowest BCUT2D eigenvalue weighted by atomic mass is 9.99. The minimum atomic E-state index is -0.409. The fraction of sp³-hybridized carbons (Fsp3) is 0.455. The van der Waals surface area contributed by atoms with Crippen LogP contribution in [0.5, 0.6) is 0 Å². The number of nitrogen functional groups attached to an aromatic ring is 1. The van der Waals surface area contributed by atoms with Gasteiger partial charge in [-0.2, -0.15) is 5.10 Å². The number of carbonyl (C=O) groups is 1. The molecule has 0 saturated heterocycles. The first-order valence-corrected chi connectivity index (χ1v) is 5.69. The van der Waals surface area contributed by atoms with Gasteiger partial charge in [-0.1, -0.05) is 6.42 Å². The Hall–Kier alpha value is -1.98. The fourth-order valence-electron chi connectivity index (χ4n) is 1.78. The van der Waals surface area contributed by atoms with Gasteiger partial charge in [-0.25, -0.2) is 15.4 Å². The van der Waals surface area contributed by atoms with Gasteiger partial charge in [0.1, 0.15) is 0 Å². The Labute approximate surface area is 99.3 Å². The number of nitrogens with one attached hydrogen (secondary N) is 1. The molecule has 0 radical (unpaired) electrons. The average Bonchev–Trinajstić information content (AvgIpc) is 2.38. The molecule has 90 valence electrons. The largest absolute Gasteiger partial charge is 0.382 e.